The van der Waals surface area contributed by atoms with E-state index in [1.807, 2.05) is 6.07 Å². The van der Waals surface area contributed by atoms with Crippen molar-refractivity contribution in [3.8, 4) is 5.82 Å². The van der Waals surface area contributed by atoms with Crippen molar-refractivity contribution in [1.82, 2.24) is 30.0 Å². The van der Waals surface area contributed by atoms with Crippen LogP contribution >= 0.6 is 0 Å². The molecule has 4 rings (SSSR count). The van der Waals surface area contributed by atoms with Crippen LogP contribution in [0.4, 0.5) is 0 Å². The maximum atomic E-state index is 12.5. The highest BCUT2D eigenvalue weighted by Gasteiger charge is 2.47. The quantitative estimate of drug-likeness (QED) is 0.742. The van der Waals surface area contributed by atoms with Gasteiger partial charge in [0, 0.05) is 31.3 Å². The standard InChI is InChI=1S/C19H22N6O3/c26-16(7-9-24-18(27)14-5-1-2-6-15(14)19(24)28)22-10-13-4-3-8-21-17(13)25-12-20-11-23-25/h3-4,8,11-12,14-15H,1-2,5-7,9-10H2,(H,22,26)/t14-,15+. The van der Waals surface area contributed by atoms with E-state index in [1.54, 1.807) is 12.3 Å². The molecule has 3 amide bonds. The molecule has 0 unspecified atom stereocenters. The molecule has 1 N–H and O–H groups in total. The van der Waals surface area contributed by atoms with E-state index >= 15 is 0 Å². The predicted octanol–water partition coefficient (Wildman–Crippen LogP) is 0.844. The fourth-order valence-corrected chi connectivity index (χ4v) is 4.04. The van der Waals surface area contributed by atoms with E-state index in [0.717, 1.165) is 31.2 Å². The summed E-state index contributed by atoms with van der Waals surface area (Å²) in [7, 11) is 0. The molecular formula is C19H22N6O3. The van der Waals surface area contributed by atoms with Crippen LogP contribution in [0.2, 0.25) is 0 Å². The summed E-state index contributed by atoms with van der Waals surface area (Å²) in [5, 5.41) is 6.89. The zero-order valence-corrected chi connectivity index (χ0v) is 15.5. The summed E-state index contributed by atoms with van der Waals surface area (Å²) in [5.41, 5.74) is 0.792. The van der Waals surface area contributed by atoms with Crippen LogP contribution in [0.15, 0.2) is 31.0 Å². The maximum absolute atomic E-state index is 12.5. The lowest BCUT2D eigenvalue weighted by atomic mass is 9.81. The van der Waals surface area contributed by atoms with Crippen molar-refractivity contribution in [3.63, 3.8) is 0 Å². The van der Waals surface area contributed by atoms with E-state index in [2.05, 4.69) is 20.4 Å². The molecule has 2 aliphatic rings. The minimum atomic E-state index is -0.219. The van der Waals surface area contributed by atoms with Crippen LogP contribution < -0.4 is 5.32 Å². The molecule has 1 saturated heterocycles. The van der Waals surface area contributed by atoms with E-state index in [9.17, 15) is 14.4 Å². The van der Waals surface area contributed by atoms with Gasteiger partial charge < -0.3 is 5.32 Å². The van der Waals surface area contributed by atoms with Crippen LogP contribution in [0.5, 0.6) is 0 Å². The second kappa shape index (κ2) is 7.87. The normalized spacial score (nSPS) is 21.6. The third-order valence-corrected chi connectivity index (χ3v) is 5.47. The number of aromatic nitrogens is 4. The number of likely N-dealkylation sites (tertiary alicyclic amines) is 1. The van der Waals surface area contributed by atoms with E-state index in [-0.39, 0.29) is 49.1 Å². The number of imide groups is 1. The average Bonchev–Trinajstić information content (AvgIpc) is 3.34. The summed E-state index contributed by atoms with van der Waals surface area (Å²) >= 11 is 0. The Kier molecular flexibility index (Phi) is 5.14. The van der Waals surface area contributed by atoms with Crippen molar-refractivity contribution in [1.29, 1.82) is 0 Å². The number of amides is 3. The van der Waals surface area contributed by atoms with Crippen LogP contribution in [0, 0.1) is 11.8 Å². The molecule has 1 aliphatic carbocycles. The number of rotatable bonds is 6. The highest BCUT2D eigenvalue weighted by molar-refractivity contribution is 6.05. The van der Waals surface area contributed by atoms with Gasteiger partial charge in [-0.3, -0.25) is 19.3 Å². The number of nitrogens with one attached hydrogen (secondary N) is 1. The minimum Gasteiger partial charge on any atom is -0.352 e. The molecule has 146 valence electrons. The Morgan fingerprint density at radius 2 is 1.93 bits per heavy atom. The van der Waals surface area contributed by atoms with Gasteiger partial charge in [0.15, 0.2) is 5.82 Å². The van der Waals surface area contributed by atoms with Gasteiger partial charge in [-0.2, -0.15) is 5.10 Å². The fraction of sp³-hybridized carbons (Fsp3) is 0.474. The summed E-state index contributed by atoms with van der Waals surface area (Å²) in [6.45, 7) is 0.411. The Morgan fingerprint density at radius 3 is 2.61 bits per heavy atom. The average molecular weight is 382 g/mol. The van der Waals surface area contributed by atoms with Crippen molar-refractivity contribution in [2.75, 3.05) is 6.54 Å². The van der Waals surface area contributed by atoms with Gasteiger partial charge in [0.05, 0.1) is 11.8 Å². The highest BCUT2D eigenvalue weighted by Crippen LogP contribution is 2.37. The number of hydrogen-bond donors (Lipinski definition) is 1. The molecule has 9 heteroatoms. The third kappa shape index (κ3) is 3.51. The Morgan fingerprint density at radius 1 is 1.18 bits per heavy atom. The number of fused-ring (bicyclic) bond motifs is 1. The van der Waals surface area contributed by atoms with E-state index < -0.39 is 0 Å². The van der Waals surface area contributed by atoms with E-state index in [0.29, 0.717) is 5.82 Å². The van der Waals surface area contributed by atoms with Crippen molar-refractivity contribution in [3.05, 3.63) is 36.5 Å². The Bertz CT molecular complexity index is 858. The number of pyridine rings is 1. The fourth-order valence-electron chi connectivity index (χ4n) is 4.04. The summed E-state index contributed by atoms with van der Waals surface area (Å²) < 4.78 is 1.53. The SMILES string of the molecule is O=C(CCN1C(=O)[C@H]2CCCC[C@H]2C1=O)NCc1cccnc1-n1cncn1. The van der Waals surface area contributed by atoms with E-state index in [1.165, 1.54) is 22.2 Å². The van der Waals surface area contributed by atoms with Gasteiger partial charge in [0.2, 0.25) is 17.7 Å². The van der Waals surface area contributed by atoms with Gasteiger partial charge in [0.25, 0.3) is 0 Å². The summed E-state index contributed by atoms with van der Waals surface area (Å²) in [4.78, 5) is 46.7. The van der Waals surface area contributed by atoms with Gasteiger partial charge >= 0.3 is 0 Å². The van der Waals surface area contributed by atoms with Crippen LogP contribution in [-0.2, 0) is 20.9 Å². The smallest absolute Gasteiger partial charge is 0.233 e. The van der Waals surface area contributed by atoms with Gasteiger partial charge in [0.1, 0.15) is 12.7 Å². The van der Waals surface area contributed by atoms with Crippen LogP contribution in [0.1, 0.15) is 37.7 Å². The third-order valence-electron chi connectivity index (χ3n) is 5.47. The Labute approximate surface area is 162 Å². The molecule has 0 radical (unpaired) electrons. The van der Waals surface area contributed by atoms with Gasteiger partial charge in [-0.05, 0) is 18.9 Å². The number of hydrogen-bond acceptors (Lipinski definition) is 6. The molecule has 2 atom stereocenters. The molecule has 1 aliphatic heterocycles. The summed E-state index contributed by atoms with van der Waals surface area (Å²) in [5.74, 6) is -0.195. The monoisotopic (exact) mass is 382 g/mol. The Balaban J connectivity index is 1.32. The molecular weight excluding hydrogens is 360 g/mol. The van der Waals surface area contributed by atoms with Crippen molar-refractivity contribution >= 4 is 17.7 Å². The van der Waals surface area contributed by atoms with Crippen molar-refractivity contribution < 1.29 is 14.4 Å². The molecule has 3 heterocycles. The molecule has 0 aromatic carbocycles. The second-order valence-corrected chi connectivity index (χ2v) is 7.18. The van der Waals surface area contributed by atoms with Crippen LogP contribution in [0.3, 0.4) is 0 Å². The zero-order chi connectivity index (χ0) is 19.5. The lowest BCUT2D eigenvalue weighted by Crippen LogP contribution is -2.35. The summed E-state index contributed by atoms with van der Waals surface area (Å²) in [6.07, 6.45) is 8.24. The molecule has 2 aromatic rings. The van der Waals surface area contributed by atoms with Gasteiger partial charge in [-0.25, -0.2) is 14.6 Å². The molecule has 0 spiro atoms. The molecule has 2 aromatic heterocycles. The van der Waals surface area contributed by atoms with Crippen molar-refractivity contribution in [2.45, 2.75) is 38.6 Å². The number of nitrogens with zero attached hydrogens (tertiary/aromatic N) is 5. The first kappa shape index (κ1) is 18.3. The lowest BCUT2D eigenvalue weighted by molar-refractivity contribution is -0.140. The van der Waals surface area contributed by atoms with Crippen molar-refractivity contribution in [2.24, 2.45) is 11.8 Å². The topological polar surface area (TPSA) is 110 Å². The largest absolute Gasteiger partial charge is 0.352 e. The number of carbonyl (C=O) groups excluding carboxylic acids is 3. The lowest BCUT2D eigenvalue weighted by Gasteiger charge is -2.19. The summed E-state index contributed by atoms with van der Waals surface area (Å²) in [6, 6.07) is 3.63. The first-order valence-electron chi connectivity index (χ1n) is 9.56. The number of carbonyl (C=O) groups is 3. The van der Waals surface area contributed by atoms with Crippen LogP contribution in [-0.4, -0.2) is 48.9 Å². The minimum absolute atomic E-state index is 0.0931. The van der Waals surface area contributed by atoms with Gasteiger partial charge in [-0.15, -0.1) is 0 Å². The van der Waals surface area contributed by atoms with E-state index in [4.69, 9.17) is 0 Å². The Hall–Kier alpha value is -3.10. The first-order valence-corrected chi connectivity index (χ1v) is 9.56. The molecule has 0 bridgehead atoms. The molecule has 1 saturated carbocycles. The molecule has 2 fully saturated rings. The first-order chi connectivity index (χ1) is 13.6. The zero-order valence-electron chi connectivity index (χ0n) is 15.5. The predicted molar refractivity (Wildman–Crippen MR) is 97.8 cm³/mol. The maximum Gasteiger partial charge on any atom is 0.233 e. The molecule has 9 nitrogen and oxygen atoms in total. The molecule has 28 heavy (non-hydrogen) atoms. The highest BCUT2D eigenvalue weighted by atomic mass is 16.2. The van der Waals surface area contributed by atoms with Crippen LogP contribution in [0.25, 0.3) is 5.82 Å². The van der Waals surface area contributed by atoms with Gasteiger partial charge in [-0.1, -0.05) is 18.9 Å². The second-order valence-electron chi connectivity index (χ2n) is 7.18.